The molecule has 0 amide bonds. The number of rotatable bonds is 7. The fourth-order valence-corrected chi connectivity index (χ4v) is 3.86. The van der Waals surface area contributed by atoms with E-state index in [1.165, 1.54) is 52.2 Å². The third-order valence-electron chi connectivity index (χ3n) is 5.50. The van der Waals surface area contributed by atoms with Crippen LogP contribution in [0, 0.1) is 20.8 Å². The number of unbranched alkanes of at least 4 members (excludes halogenated alkanes) is 1. The van der Waals surface area contributed by atoms with Crippen molar-refractivity contribution < 1.29 is 0 Å². The second kappa shape index (κ2) is 9.05. The highest BCUT2D eigenvalue weighted by Gasteiger charge is 2.14. The smallest absolute Gasteiger partial charge is 0.0630 e. The number of aromatic nitrogens is 1. The summed E-state index contributed by atoms with van der Waals surface area (Å²) in [4.78, 5) is 4.73. The van der Waals surface area contributed by atoms with Crippen molar-refractivity contribution in [1.29, 1.82) is 0 Å². The van der Waals surface area contributed by atoms with Gasteiger partial charge in [0.05, 0.1) is 11.4 Å². The molecule has 0 saturated carbocycles. The normalized spacial score (nSPS) is 11.5. The molecule has 0 saturated heterocycles. The predicted octanol–water partition coefficient (Wildman–Crippen LogP) is 7.06. The Balaban J connectivity index is 1.90. The van der Waals surface area contributed by atoms with Gasteiger partial charge < -0.3 is 4.57 Å². The van der Waals surface area contributed by atoms with Crippen molar-refractivity contribution in [2.75, 3.05) is 0 Å². The van der Waals surface area contributed by atoms with Gasteiger partial charge in [-0.3, -0.25) is 4.99 Å². The van der Waals surface area contributed by atoms with Gasteiger partial charge in [-0.15, -0.1) is 0 Å². The molecule has 28 heavy (non-hydrogen) atoms. The van der Waals surface area contributed by atoms with E-state index in [0.29, 0.717) is 0 Å². The number of benzene rings is 2. The Bertz CT molecular complexity index is 959. The van der Waals surface area contributed by atoms with E-state index >= 15 is 0 Å². The van der Waals surface area contributed by atoms with Crippen LogP contribution in [-0.4, -0.2) is 10.8 Å². The first-order valence-electron chi connectivity index (χ1n) is 10.5. The number of para-hydroxylation sites is 1. The summed E-state index contributed by atoms with van der Waals surface area (Å²) in [6, 6.07) is 17.5. The highest BCUT2D eigenvalue weighted by Crippen LogP contribution is 2.26. The molecule has 0 bridgehead atoms. The van der Waals surface area contributed by atoms with E-state index in [9.17, 15) is 0 Å². The third-order valence-corrected chi connectivity index (χ3v) is 5.50. The molecule has 3 rings (SSSR count). The zero-order valence-corrected chi connectivity index (χ0v) is 17.9. The number of aryl methyl sites for hydroxylation is 4. The van der Waals surface area contributed by atoms with Crippen LogP contribution in [0.2, 0.25) is 0 Å². The molecule has 1 heterocycles. The molecule has 0 aliphatic heterocycles. The lowest BCUT2D eigenvalue weighted by Gasteiger charge is -2.17. The molecule has 2 aromatic carbocycles. The molecule has 0 atom stereocenters. The molecule has 146 valence electrons. The largest absolute Gasteiger partial charge is 0.317 e. The molecule has 0 radical (unpaired) electrons. The molecule has 0 fully saturated rings. The SMILES string of the molecule is CCCCc1ccc(N=Cc2cc(C)n(-c3c(C)cccc3CC)c2C)cc1. The van der Waals surface area contributed by atoms with Crippen LogP contribution in [0.1, 0.15) is 60.3 Å². The molecule has 0 unspecified atom stereocenters. The van der Waals surface area contributed by atoms with Crippen LogP contribution in [-0.2, 0) is 12.8 Å². The Kier molecular flexibility index (Phi) is 6.51. The predicted molar refractivity (Wildman–Crippen MR) is 122 cm³/mol. The molecule has 1 aromatic heterocycles. The van der Waals surface area contributed by atoms with Crippen LogP contribution in [0.4, 0.5) is 5.69 Å². The summed E-state index contributed by atoms with van der Waals surface area (Å²) >= 11 is 0. The fourth-order valence-electron chi connectivity index (χ4n) is 3.86. The van der Waals surface area contributed by atoms with Gasteiger partial charge in [-0.1, -0.05) is 50.6 Å². The van der Waals surface area contributed by atoms with E-state index in [-0.39, 0.29) is 0 Å². The standard InChI is InChI=1S/C26H32N2/c1-6-8-11-22-13-15-25(16-14-22)27-18-24-17-20(4)28(21(24)5)26-19(3)10-9-12-23(26)7-2/h9-10,12-18H,6-8,11H2,1-5H3. The van der Waals surface area contributed by atoms with Crippen molar-refractivity contribution in [3.05, 3.63) is 82.2 Å². The van der Waals surface area contributed by atoms with Gasteiger partial charge in [-0.05, 0) is 74.9 Å². The number of aliphatic imine (C=N–C) groups is 1. The zero-order valence-electron chi connectivity index (χ0n) is 17.9. The second-order valence-corrected chi connectivity index (χ2v) is 7.63. The van der Waals surface area contributed by atoms with Crippen molar-refractivity contribution in [3.63, 3.8) is 0 Å². The summed E-state index contributed by atoms with van der Waals surface area (Å²) in [5.41, 5.74) is 10.1. The number of hydrogen-bond donors (Lipinski definition) is 0. The molecule has 3 aromatic rings. The van der Waals surface area contributed by atoms with E-state index in [1.54, 1.807) is 0 Å². The Morgan fingerprint density at radius 3 is 2.39 bits per heavy atom. The van der Waals surface area contributed by atoms with Gasteiger partial charge in [0.15, 0.2) is 0 Å². The molecule has 0 aliphatic rings. The maximum atomic E-state index is 4.73. The van der Waals surface area contributed by atoms with Gasteiger partial charge in [-0.2, -0.15) is 0 Å². The molecular weight excluding hydrogens is 340 g/mol. The molecule has 2 heteroatoms. The summed E-state index contributed by atoms with van der Waals surface area (Å²) in [7, 11) is 0. The second-order valence-electron chi connectivity index (χ2n) is 7.63. The molecular formula is C26H32N2. The monoisotopic (exact) mass is 372 g/mol. The van der Waals surface area contributed by atoms with E-state index in [1.807, 2.05) is 6.21 Å². The van der Waals surface area contributed by atoms with Crippen molar-refractivity contribution in [2.24, 2.45) is 4.99 Å². The van der Waals surface area contributed by atoms with Gasteiger partial charge in [0.2, 0.25) is 0 Å². The minimum Gasteiger partial charge on any atom is -0.317 e. The third kappa shape index (κ3) is 4.27. The lowest BCUT2D eigenvalue weighted by Crippen LogP contribution is -2.05. The maximum absolute atomic E-state index is 4.73. The molecule has 2 nitrogen and oxygen atoms in total. The summed E-state index contributed by atoms with van der Waals surface area (Å²) < 4.78 is 2.38. The minimum absolute atomic E-state index is 1.01. The van der Waals surface area contributed by atoms with Gasteiger partial charge in [0.25, 0.3) is 0 Å². The zero-order chi connectivity index (χ0) is 20.1. The topological polar surface area (TPSA) is 17.3 Å². The van der Waals surface area contributed by atoms with E-state index < -0.39 is 0 Å². The number of hydrogen-bond acceptors (Lipinski definition) is 1. The Hall–Kier alpha value is -2.61. The van der Waals surface area contributed by atoms with Crippen molar-refractivity contribution in [2.45, 2.75) is 60.3 Å². The van der Waals surface area contributed by atoms with E-state index in [4.69, 9.17) is 4.99 Å². The van der Waals surface area contributed by atoms with Gasteiger partial charge in [0, 0.05) is 23.2 Å². The molecule has 0 N–H and O–H groups in total. The van der Waals surface area contributed by atoms with Crippen LogP contribution < -0.4 is 0 Å². The van der Waals surface area contributed by atoms with Gasteiger partial charge in [0.1, 0.15) is 0 Å². The van der Waals surface area contributed by atoms with Crippen LogP contribution in [0.15, 0.2) is 53.5 Å². The number of nitrogens with zero attached hydrogens (tertiary/aromatic N) is 2. The Labute approximate surface area is 170 Å². The van der Waals surface area contributed by atoms with Gasteiger partial charge in [-0.25, -0.2) is 0 Å². The minimum atomic E-state index is 1.01. The van der Waals surface area contributed by atoms with E-state index in [0.717, 1.165) is 18.5 Å². The van der Waals surface area contributed by atoms with Crippen molar-refractivity contribution in [1.82, 2.24) is 4.57 Å². The highest BCUT2D eigenvalue weighted by molar-refractivity contribution is 5.84. The average Bonchev–Trinajstić information content (AvgIpc) is 2.98. The lowest BCUT2D eigenvalue weighted by atomic mass is 10.1. The summed E-state index contributed by atoms with van der Waals surface area (Å²) in [6.45, 7) is 11.0. The molecule has 0 aliphatic carbocycles. The summed E-state index contributed by atoms with van der Waals surface area (Å²) in [6.07, 6.45) is 6.66. The molecule has 0 spiro atoms. The van der Waals surface area contributed by atoms with Crippen molar-refractivity contribution >= 4 is 11.9 Å². The fraction of sp³-hybridized carbons (Fsp3) is 0.346. The van der Waals surface area contributed by atoms with Crippen LogP contribution in [0.3, 0.4) is 0 Å². The van der Waals surface area contributed by atoms with E-state index in [2.05, 4.69) is 87.7 Å². The average molecular weight is 373 g/mol. The van der Waals surface area contributed by atoms with Gasteiger partial charge >= 0.3 is 0 Å². The summed E-state index contributed by atoms with van der Waals surface area (Å²) in [5.74, 6) is 0. The van der Waals surface area contributed by atoms with Crippen LogP contribution in [0.5, 0.6) is 0 Å². The quantitative estimate of drug-likeness (QED) is 0.395. The van der Waals surface area contributed by atoms with Crippen molar-refractivity contribution in [3.8, 4) is 5.69 Å². The first-order chi connectivity index (χ1) is 13.5. The Morgan fingerprint density at radius 1 is 0.964 bits per heavy atom. The highest BCUT2D eigenvalue weighted by atomic mass is 15.0. The summed E-state index contributed by atoms with van der Waals surface area (Å²) in [5, 5.41) is 0. The lowest BCUT2D eigenvalue weighted by molar-refractivity contribution is 0.795. The van der Waals surface area contributed by atoms with Crippen LogP contribution >= 0.6 is 0 Å². The first-order valence-corrected chi connectivity index (χ1v) is 10.5. The maximum Gasteiger partial charge on any atom is 0.0630 e. The Morgan fingerprint density at radius 2 is 1.71 bits per heavy atom. The van der Waals surface area contributed by atoms with Crippen LogP contribution in [0.25, 0.3) is 5.69 Å². The first kappa shape index (κ1) is 20.1.